The first-order valence-corrected chi connectivity index (χ1v) is 8.44. The molecule has 1 atom stereocenters. The van der Waals surface area contributed by atoms with Crippen LogP contribution in [0.15, 0.2) is 58.5 Å². The number of hydrogen-bond donors (Lipinski definition) is 1. The summed E-state index contributed by atoms with van der Waals surface area (Å²) < 4.78 is 9.41. The third-order valence-corrected chi connectivity index (χ3v) is 4.47. The van der Waals surface area contributed by atoms with E-state index in [9.17, 15) is 9.90 Å². The van der Waals surface area contributed by atoms with Gasteiger partial charge < -0.3 is 14.4 Å². The van der Waals surface area contributed by atoms with Crippen molar-refractivity contribution in [2.75, 3.05) is 6.54 Å². The third kappa shape index (κ3) is 3.72. The maximum atomic E-state index is 12.9. The van der Waals surface area contributed by atoms with Crippen molar-refractivity contribution < 1.29 is 14.3 Å². The summed E-state index contributed by atoms with van der Waals surface area (Å²) in [6.45, 7) is 2.37. The standard InChI is InChI=1S/C18H18N2O3S/c1-13-15(12-24-19-13)18(22)20(10-14-6-3-2-4-7-14)11-16(21)17-8-5-9-23-17/h2-9,12,16,21H,10-11H2,1H3. The molecule has 0 aliphatic carbocycles. The first-order chi connectivity index (χ1) is 11.6. The van der Waals surface area contributed by atoms with Crippen molar-refractivity contribution >= 4 is 17.4 Å². The normalized spacial score (nSPS) is 12.1. The molecule has 0 aliphatic rings. The Morgan fingerprint density at radius 2 is 2.08 bits per heavy atom. The summed E-state index contributed by atoms with van der Waals surface area (Å²) >= 11 is 1.26. The molecule has 0 radical (unpaired) electrons. The van der Waals surface area contributed by atoms with E-state index in [1.807, 2.05) is 37.3 Å². The fourth-order valence-electron chi connectivity index (χ4n) is 2.47. The molecule has 124 valence electrons. The van der Waals surface area contributed by atoms with Crippen LogP contribution in [-0.2, 0) is 6.54 Å². The molecule has 5 nitrogen and oxygen atoms in total. The lowest BCUT2D eigenvalue weighted by molar-refractivity contribution is 0.0562. The summed E-state index contributed by atoms with van der Waals surface area (Å²) in [5, 5.41) is 12.1. The van der Waals surface area contributed by atoms with E-state index in [-0.39, 0.29) is 12.5 Å². The molecule has 3 aromatic rings. The van der Waals surface area contributed by atoms with Crippen LogP contribution in [0.4, 0.5) is 0 Å². The van der Waals surface area contributed by atoms with Gasteiger partial charge in [0.1, 0.15) is 11.9 Å². The van der Waals surface area contributed by atoms with Crippen LogP contribution in [-0.4, -0.2) is 26.8 Å². The number of amides is 1. The molecule has 0 saturated carbocycles. The Bertz CT molecular complexity index is 784. The Balaban J connectivity index is 1.83. The number of carbonyl (C=O) groups excluding carboxylic acids is 1. The zero-order valence-corrected chi connectivity index (χ0v) is 14.1. The van der Waals surface area contributed by atoms with Gasteiger partial charge in [-0.3, -0.25) is 4.79 Å². The first kappa shape index (κ1) is 16.4. The fourth-order valence-corrected chi connectivity index (χ4v) is 3.16. The second-order valence-corrected chi connectivity index (χ2v) is 6.15. The van der Waals surface area contributed by atoms with E-state index >= 15 is 0 Å². The summed E-state index contributed by atoms with van der Waals surface area (Å²) in [6, 6.07) is 13.1. The molecule has 6 heteroatoms. The summed E-state index contributed by atoms with van der Waals surface area (Å²) in [5.41, 5.74) is 2.27. The largest absolute Gasteiger partial charge is 0.467 e. The molecule has 1 unspecified atom stereocenters. The predicted molar refractivity (Wildman–Crippen MR) is 91.7 cm³/mol. The van der Waals surface area contributed by atoms with E-state index in [4.69, 9.17) is 4.42 Å². The van der Waals surface area contributed by atoms with E-state index in [1.54, 1.807) is 22.4 Å². The molecule has 1 aromatic carbocycles. The van der Waals surface area contributed by atoms with Gasteiger partial charge in [-0.05, 0) is 36.2 Å². The highest BCUT2D eigenvalue weighted by Crippen LogP contribution is 2.20. The molecule has 0 spiro atoms. The van der Waals surface area contributed by atoms with Gasteiger partial charge in [-0.2, -0.15) is 4.37 Å². The van der Waals surface area contributed by atoms with E-state index < -0.39 is 6.10 Å². The van der Waals surface area contributed by atoms with Gasteiger partial charge in [-0.25, -0.2) is 0 Å². The van der Waals surface area contributed by atoms with Crippen molar-refractivity contribution in [2.24, 2.45) is 0 Å². The number of benzene rings is 1. The molecule has 0 fully saturated rings. The minimum Gasteiger partial charge on any atom is -0.467 e. The van der Waals surface area contributed by atoms with Gasteiger partial charge in [0.15, 0.2) is 0 Å². The summed E-state index contributed by atoms with van der Waals surface area (Å²) in [4.78, 5) is 14.5. The highest BCUT2D eigenvalue weighted by Gasteiger charge is 2.23. The van der Waals surface area contributed by atoms with Crippen LogP contribution in [0, 0.1) is 6.92 Å². The molecule has 2 aromatic heterocycles. The molecule has 24 heavy (non-hydrogen) atoms. The first-order valence-electron chi connectivity index (χ1n) is 7.61. The van der Waals surface area contributed by atoms with Crippen LogP contribution in [0.1, 0.15) is 33.5 Å². The van der Waals surface area contributed by atoms with Crippen molar-refractivity contribution in [3.05, 3.63) is 76.7 Å². The minimum absolute atomic E-state index is 0.143. The molecule has 0 saturated heterocycles. The number of rotatable bonds is 6. The van der Waals surface area contributed by atoms with E-state index in [1.165, 1.54) is 17.8 Å². The van der Waals surface area contributed by atoms with Crippen LogP contribution in [0.5, 0.6) is 0 Å². The lowest BCUT2D eigenvalue weighted by Crippen LogP contribution is -2.34. The number of aryl methyl sites for hydroxylation is 1. The number of nitrogens with zero attached hydrogens (tertiary/aromatic N) is 2. The van der Waals surface area contributed by atoms with Crippen molar-refractivity contribution in [3.63, 3.8) is 0 Å². The quantitative estimate of drug-likeness (QED) is 0.745. The van der Waals surface area contributed by atoms with Crippen LogP contribution in [0.3, 0.4) is 0 Å². The van der Waals surface area contributed by atoms with Crippen molar-refractivity contribution in [3.8, 4) is 0 Å². The Hall–Kier alpha value is -2.44. The molecular formula is C18H18N2O3S. The number of aromatic nitrogens is 1. The Morgan fingerprint density at radius 1 is 1.29 bits per heavy atom. The maximum absolute atomic E-state index is 12.9. The maximum Gasteiger partial charge on any atom is 0.257 e. The monoisotopic (exact) mass is 342 g/mol. The average molecular weight is 342 g/mol. The molecule has 0 bridgehead atoms. The van der Waals surface area contributed by atoms with E-state index in [0.29, 0.717) is 23.6 Å². The second-order valence-electron chi connectivity index (χ2n) is 5.52. The molecular weight excluding hydrogens is 324 g/mol. The van der Waals surface area contributed by atoms with Gasteiger partial charge in [-0.1, -0.05) is 30.3 Å². The van der Waals surface area contributed by atoms with Gasteiger partial charge >= 0.3 is 0 Å². The number of aliphatic hydroxyl groups excluding tert-OH is 1. The highest BCUT2D eigenvalue weighted by molar-refractivity contribution is 7.03. The SMILES string of the molecule is Cc1nscc1C(=O)N(Cc1ccccc1)CC(O)c1ccco1. The predicted octanol–water partition coefficient (Wildman–Crippen LogP) is 3.42. The minimum atomic E-state index is -0.875. The number of carbonyl (C=O) groups is 1. The number of aliphatic hydroxyl groups is 1. The zero-order chi connectivity index (χ0) is 16.9. The Morgan fingerprint density at radius 3 is 2.71 bits per heavy atom. The number of hydrogen-bond acceptors (Lipinski definition) is 5. The van der Waals surface area contributed by atoms with Crippen LogP contribution < -0.4 is 0 Å². The lowest BCUT2D eigenvalue weighted by Gasteiger charge is -2.24. The third-order valence-electron chi connectivity index (χ3n) is 3.75. The zero-order valence-electron chi connectivity index (χ0n) is 13.3. The highest BCUT2D eigenvalue weighted by atomic mass is 32.1. The molecule has 2 heterocycles. The second kappa shape index (κ2) is 7.42. The van der Waals surface area contributed by atoms with Gasteiger partial charge in [0.25, 0.3) is 5.91 Å². The van der Waals surface area contributed by atoms with E-state index in [2.05, 4.69) is 4.37 Å². The average Bonchev–Trinajstić information content (AvgIpc) is 3.26. The molecule has 3 rings (SSSR count). The Labute approximate surface area is 144 Å². The van der Waals surface area contributed by atoms with Crippen LogP contribution >= 0.6 is 11.5 Å². The van der Waals surface area contributed by atoms with Crippen molar-refractivity contribution in [1.82, 2.24) is 9.27 Å². The summed E-state index contributed by atoms with van der Waals surface area (Å²) in [6.07, 6.45) is 0.633. The van der Waals surface area contributed by atoms with Gasteiger partial charge in [-0.15, -0.1) is 0 Å². The smallest absolute Gasteiger partial charge is 0.257 e. The van der Waals surface area contributed by atoms with Crippen molar-refractivity contribution in [2.45, 2.75) is 19.6 Å². The van der Waals surface area contributed by atoms with Crippen LogP contribution in [0.25, 0.3) is 0 Å². The van der Waals surface area contributed by atoms with Gasteiger partial charge in [0, 0.05) is 11.9 Å². The topological polar surface area (TPSA) is 66.6 Å². The fraction of sp³-hybridized carbons (Fsp3) is 0.222. The lowest BCUT2D eigenvalue weighted by atomic mass is 10.1. The molecule has 0 aliphatic heterocycles. The van der Waals surface area contributed by atoms with Gasteiger partial charge in [0.05, 0.1) is 24.1 Å². The van der Waals surface area contributed by atoms with Gasteiger partial charge in [0.2, 0.25) is 0 Å². The molecule has 1 amide bonds. The van der Waals surface area contributed by atoms with Crippen LogP contribution in [0.2, 0.25) is 0 Å². The van der Waals surface area contributed by atoms with Crippen molar-refractivity contribution in [1.29, 1.82) is 0 Å². The molecule has 1 N–H and O–H groups in total. The summed E-state index contributed by atoms with van der Waals surface area (Å²) in [7, 11) is 0. The number of furan rings is 1. The van der Waals surface area contributed by atoms with E-state index in [0.717, 1.165) is 5.56 Å². The summed E-state index contributed by atoms with van der Waals surface area (Å²) in [5.74, 6) is 0.303. The Kier molecular flexibility index (Phi) is 5.08.